The highest BCUT2D eigenvalue weighted by atomic mass is 79.9. The van der Waals surface area contributed by atoms with Gasteiger partial charge in [0, 0.05) is 24.2 Å². The van der Waals surface area contributed by atoms with Gasteiger partial charge in [-0.05, 0) is 34.5 Å². The number of rotatable bonds is 7. The number of aliphatic hydroxyl groups excluding tert-OH is 1. The van der Waals surface area contributed by atoms with E-state index in [4.69, 9.17) is 21.8 Å². The summed E-state index contributed by atoms with van der Waals surface area (Å²) in [5.74, 6) is -1.31. The molecule has 21 heavy (non-hydrogen) atoms. The van der Waals surface area contributed by atoms with Gasteiger partial charge in [-0.15, -0.1) is 0 Å². The van der Waals surface area contributed by atoms with Crippen molar-refractivity contribution in [2.24, 2.45) is 0 Å². The summed E-state index contributed by atoms with van der Waals surface area (Å²) in [6.45, 7) is 1.90. The molecule has 2 N–H and O–H groups in total. The smallest absolute Gasteiger partial charge is 0.337 e. The maximum Gasteiger partial charge on any atom is 0.337 e. The molecular weight excluding hydrogens is 386 g/mol. The second kappa shape index (κ2) is 7.55. The second-order valence-corrected chi connectivity index (χ2v) is 7.32. The highest BCUT2D eigenvalue weighted by molar-refractivity contribution is 9.10. The van der Waals surface area contributed by atoms with Crippen molar-refractivity contribution >= 4 is 43.5 Å². The monoisotopic (exact) mass is 399 g/mol. The van der Waals surface area contributed by atoms with Gasteiger partial charge in [-0.2, -0.15) is 4.31 Å². The number of halogens is 2. The van der Waals surface area contributed by atoms with Crippen molar-refractivity contribution in [1.29, 1.82) is 0 Å². The first-order valence-electron chi connectivity index (χ1n) is 6.09. The molecule has 0 atom stereocenters. The van der Waals surface area contributed by atoms with Gasteiger partial charge in [0.05, 0.1) is 15.5 Å². The Balaban J connectivity index is 3.34. The number of sulfonamides is 1. The topological polar surface area (TPSA) is 94.9 Å². The molecule has 0 saturated heterocycles. The first-order valence-corrected chi connectivity index (χ1v) is 8.70. The molecular formula is C12H15BrClNO5S. The minimum absolute atomic E-state index is 0.0557. The van der Waals surface area contributed by atoms with E-state index in [2.05, 4.69) is 15.9 Å². The third kappa shape index (κ3) is 4.17. The van der Waals surface area contributed by atoms with E-state index in [1.807, 2.05) is 0 Å². The summed E-state index contributed by atoms with van der Waals surface area (Å²) >= 11 is 8.90. The fourth-order valence-corrected chi connectivity index (χ4v) is 4.06. The highest BCUT2D eigenvalue weighted by Crippen LogP contribution is 2.31. The predicted octanol–water partition coefficient (Wildman–Crippen LogP) is 2.19. The lowest BCUT2D eigenvalue weighted by Crippen LogP contribution is -2.32. The van der Waals surface area contributed by atoms with Crippen LogP contribution in [0, 0.1) is 0 Å². The second-order valence-electron chi connectivity index (χ2n) is 4.15. The summed E-state index contributed by atoms with van der Waals surface area (Å²) in [6, 6.07) is 2.30. The number of hydrogen-bond donors (Lipinski definition) is 2. The number of benzene rings is 1. The maximum atomic E-state index is 12.5. The van der Waals surface area contributed by atoms with Crippen LogP contribution >= 0.6 is 27.5 Å². The van der Waals surface area contributed by atoms with E-state index in [0.29, 0.717) is 6.42 Å². The molecule has 0 fully saturated rings. The molecule has 1 aromatic rings. The van der Waals surface area contributed by atoms with Crippen LogP contribution in [0.25, 0.3) is 0 Å². The SMILES string of the molecule is CCN(CCCO)S(=O)(=O)c1cc(Br)c(Cl)c(C(=O)O)c1. The van der Waals surface area contributed by atoms with Gasteiger partial charge < -0.3 is 10.2 Å². The Morgan fingerprint density at radius 3 is 2.52 bits per heavy atom. The van der Waals surface area contributed by atoms with Gasteiger partial charge in [0.15, 0.2) is 0 Å². The summed E-state index contributed by atoms with van der Waals surface area (Å²) < 4.78 is 26.4. The predicted molar refractivity (Wildman–Crippen MR) is 82.2 cm³/mol. The van der Waals surface area contributed by atoms with Crippen molar-refractivity contribution in [3.8, 4) is 0 Å². The summed E-state index contributed by atoms with van der Waals surface area (Å²) in [6.07, 6.45) is 0.299. The molecule has 0 saturated carbocycles. The van der Waals surface area contributed by atoms with Crippen LogP contribution in [-0.2, 0) is 10.0 Å². The van der Waals surface area contributed by atoms with E-state index in [1.165, 1.54) is 10.4 Å². The number of carboxylic acid groups (broad SMARTS) is 1. The zero-order chi connectivity index (χ0) is 16.2. The normalized spacial score (nSPS) is 11.9. The molecule has 0 aromatic heterocycles. The molecule has 1 aromatic carbocycles. The van der Waals surface area contributed by atoms with Crippen LogP contribution in [-0.4, -0.2) is 48.6 Å². The quantitative estimate of drug-likeness (QED) is 0.731. The minimum Gasteiger partial charge on any atom is -0.478 e. The Labute approximate surface area is 136 Å². The summed E-state index contributed by atoms with van der Waals surface area (Å²) in [5.41, 5.74) is -0.289. The van der Waals surface area contributed by atoms with Crippen LogP contribution in [0.5, 0.6) is 0 Å². The standard InChI is InChI=1S/C12H15BrClNO5S/c1-2-15(4-3-5-16)21(19,20)8-6-9(12(17)18)11(14)10(13)7-8/h6-7,16H,2-5H2,1H3,(H,17,18). The average molecular weight is 401 g/mol. The molecule has 0 unspecified atom stereocenters. The van der Waals surface area contributed by atoms with Crippen LogP contribution in [0.4, 0.5) is 0 Å². The first kappa shape index (κ1) is 18.4. The molecule has 0 aliphatic heterocycles. The molecule has 0 aliphatic rings. The van der Waals surface area contributed by atoms with Gasteiger partial charge in [-0.1, -0.05) is 18.5 Å². The van der Waals surface area contributed by atoms with Gasteiger partial charge in [0.1, 0.15) is 0 Å². The molecule has 1 rings (SSSR count). The third-order valence-corrected chi connectivity index (χ3v) is 6.00. The molecule has 0 amide bonds. The maximum absolute atomic E-state index is 12.5. The van der Waals surface area contributed by atoms with Crippen molar-refractivity contribution in [3.05, 3.63) is 27.2 Å². The first-order chi connectivity index (χ1) is 9.75. The number of carbonyl (C=O) groups is 1. The highest BCUT2D eigenvalue weighted by Gasteiger charge is 2.26. The van der Waals surface area contributed by atoms with Crippen LogP contribution in [0.2, 0.25) is 5.02 Å². The zero-order valence-electron chi connectivity index (χ0n) is 11.2. The number of aromatic carboxylic acids is 1. The third-order valence-electron chi connectivity index (χ3n) is 2.79. The lowest BCUT2D eigenvalue weighted by Gasteiger charge is -2.20. The van der Waals surface area contributed by atoms with Crippen molar-refractivity contribution in [2.45, 2.75) is 18.2 Å². The molecule has 0 heterocycles. The summed E-state index contributed by atoms with van der Waals surface area (Å²) in [4.78, 5) is 11.0. The summed E-state index contributed by atoms with van der Waals surface area (Å²) in [7, 11) is -3.85. The van der Waals surface area contributed by atoms with E-state index in [9.17, 15) is 13.2 Å². The number of carboxylic acids is 1. The van der Waals surface area contributed by atoms with E-state index >= 15 is 0 Å². The van der Waals surface area contributed by atoms with Crippen LogP contribution in [0.3, 0.4) is 0 Å². The largest absolute Gasteiger partial charge is 0.478 e. The van der Waals surface area contributed by atoms with Gasteiger partial charge in [-0.25, -0.2) is 13.2 Å². The Hall–Kier alpha value is -0.670. The molecule has 118 valence electrons. The van der Waals surface area contributed by atoms with Gasteiger partial charge in [0.2, 0.25) is 10.0 Å². The number of hydrogen-bond acceptors (Lipinski definition) is 4. The fraction of sp³-hybridized carbons (Fsp3) is 0.417. The Morgan fingerprint density at radius 1 is 1.43 bits per heavy atom. The van der Waals surface area contributed by atoms with E-state index in [1.54, 1.807) is 6.92 Å². The number of aliphatic hydroxyl groups is 1. The van der Waals surface area contributed by atoms with Crippen molar-refractivity contribution in [3.63, 3.8) is 0 Å². The van der Waals surface area contributed by atoms with Crippen LogP contribution in [0.1, 0.15) is 23.7 Å². The lowest BCUT2D eigenvalue weighted by molar-refractivity contribution is 0.0696. The molecule has 9 heteroatoms. The fourth-order valence-electron chi connectivity index (χ4n) is 1.71. The molecule has 0 aliphatic carbocycles. The Bertz CT molecular complexity index is 635. The number of nitrogens with zero attached hydrogens (tertiary/aromatic N) is 1. The van der Waals surface area contributed by atoms with Gasteiger partial charge in [-0.3, -0.25) is 0 Å². The van der Waals surface area contributed by atoms with Crippen molar-refractivity contribution < 1.29 is 23.4 Å². The van der Waals surface area contributed by atoms with Crippen molar-refractivity contribution in [1.82, 2.24) is 4.31 Å². The lowest BCUT2D eigenvalue weighted by atomic mass is 10.2. The van der Waals surface area contributed by atoms with Crippen molar-refractivity contribution in [2.75, 3.05) is 19.7 Å². The zero-order valence-corrected chi connectivity index (χ0v) is 14.4. The van der Waals surface area contributed by atoms with E-state index in [-0.39, 0.29) is 39.7 Å². The van der Waals surface area contributed by atoms with Crippen LogP contribution in [0.15, 0.2) is 21.5 Å². The van der Waals surface area contributed by atoms with Gasteiger partial charge >= 0.3 is 5.97 Å². The molecule has 6 nitrogen and oxygen atoms in total. The molecule has 0 radical (unpaired) electrons. The van der Waals surface area contributed by atoms with E-state index < -0.39 is 16.0 Å². The summed E-state index contributed by atoms with van der Waals surface area (Å²) in [5, 5.41) is 17.8. The average Bonchev–Trinajstić information content (AvgIpc) is 2.41. The molecule has 0 bridgehead atoms. The minimum atomic E-state index is -3.85. The molecule has 0 spiro atoms. The Kier molecular flexibility index (Phi) is 6.61. The van der Waals surface area contributed by atoms with E-state index in [0.717, 1.165) is 6.07 Å². The van der Waals surface area contributed by atoms with Crippen LogP contribution < -0.4 is 0 Å². The van der Waals surface area contributed by atoms with Gasteiger partial charge in [0.25, 0.3) is 0 Å². The Morgan fingerprint density at radius 2 is 2.05 bits per heavy atom.